The predicted octanol–water partition coefficient (Wildman–Crippen LogP) is 2.41. The van der Waals surface area contributed by atoms with Gasteiger partial charge in [-0.05, 0) is 17.7 Å². The normalized spacial score (nSPS) is 11.9. The lowest BCUT2D eigenvalue weighted by atomic mass is 10.2. The molecule has 0 amide bonds. The molecule has 0 heterocycles. The first-order chi connectivity index (χ1) is 8.65. The van der Waals surface area contributed by atoms with Crippen molar-refractivity contribution in [2.24, 2.45) is 0 Å². The van der Waals surface area contributed by atoms with E-state index in [0.717, 1.165) is 12.1 Å². The molecule has 0 saturated carbocycles. The summed E-state index contributed by atoms with van der Waals surface area (Å²) in [4.78, 5) is 11.0. The maximum Gasteiger partial charge on any atom is 0.401 e. The molecular formula is C11H10F5NO2. The Balaban J connectivity index is 2.84. The molecule has 0 atom stereocenters. The van der Waals surface area contributed by atoms with E-state index in [2.05, 4.69) is 0 Å². The molecule has 0 radical (unpaired) electrons. The molecule has 8 heteroatoms. The van der Waals surface area contributed by atoms with Gasteiger partial charge in [0.25, 0.3) is 0 Å². The fraction of sp³-hybridized carbons (Fsp3) is 0.364. The summed E-state index contributed by atoms with van der Waals surface area (Å²) < 4.78 is 62.5. The van der Waals surface area contributed by atoms with Crippen LogP contribution in [0.15, 0.2) is 18.2 Å². The largest absolute Gasteiger partial charge is 0.480 e. The van der Waals surface area contributed by atoms with Crippen LogP contribution in [-0.2, 0) is 11.3 Å². The molecule has 1 aromatic rings. The molecule has 0 saturated heterocycles. The van der Waals surface area contributed by atoms with Gasteiger partial charge in [-0.25, -0.2) is 8.78 Å². The number of aliphatic carboxylic acids is 1. The van der Waals surface area contributed by atoms with E-state index >= 15 is 0 Å². The molecule has 0 unspecified atom stereocenters. The quantitative estimate of drug-likeness (QED) is 0.844. The van der Waals surface area contributed by atoms with E-state index in [-0.39, 0.29) is 5.56 Å². The van der Waals surface area contributed by atoms with Gasteiger partial charge in [-0.2, -0.15) is 13.2 Å². The van der Waals surface area contributed by atoms with E-state index in [0.29, 0.717) is 11.0 Å². The van der Waals surface area contributed by atoms with Crippen molar-refractivity contribution in [1.82, 2.24) is 4.90 Å². The van der Waals surface area contributed by atoms with E-state index in [1.807, 2.05) is 0 Å². The van der Waals surface area contributed by atoms with Crippen molar-refractivity contribution in [2.45, 2.75) is 12.7 Å². The number of carbonyl (C=O) groups is 1. The Morgan fingerprint density at radius 2 is 1.68 bits per heavy atom. The van der Waals surface area contributed by atoms with Crippen molar-refractivity contribution in [2.75, 3.05) is 13.1 Å². The monoisotopic (exact) mass is 283 g/mol. The second kappa shape index (κ2) is 5.96. The van der Waals surface area contributed by atoms with E-state index in [1.54, 1.807) is 0 Å². The minimum absolute atomic E-state index is 0.0667. The van der Waals surface area contributed by atoms with Gasteiger partial charge in [-0.3, -0.25) is 9.69 Å². The Morgan fingerprint density at radius 1 is 1.16 bits per heavy atom. The molecule has 0 bridgehead atoms. The van der Waals surface area contributed by atoms with E-state index in [1.165, 1.54) is 0 Å². The highest BCUT2D eigenvalue weighted by Gasteiger charge is 2.31. The molecule has 1 N–H and O–H groups in total. The van der Waals surface area contributed by atoms with Gasteiger partial charge in [0.15, 0.2) is 0 Å². The second-order valence-corrected chi connectivity index (χ2v) is 3.93. The summed E-state index contributed by atoms with van der Waals surface area (Å²) in [6.45, 7) is -2.87. The van der Waals surface area contributed by atoms with Crippen LogP contribution in [0.5, 0.6) is 0 Å². The molecule has 0 aliphatic carbocycles. The van der Waals surface area contributed by atoms with Crippen LogP contribution in [0.3, 0.4) is 0 Å². The minimum atomic E-state index is -4.60. The maximum absolute atomic E-state index is 12.9. The van der Waals surface area contributed by atoms with Crippen molar-refractivity contribution in [1.29, 1.82) is 0 Å². The molecule has 3 nitrogen and oxygen atoms in total. The fourth-order valence-electron chi connectivity index (χ4n) is 1.57. The van der Waals surface area contributed by atoms with Crippen LogP contribution >= 0.6 is 0 Å². The average Bonchev–Trinajstić information content (AvgIpc) is 2.10. The number of carboxylic acid groups (broad SMARTS) is 1. The first-order valence-corrected chi connectivity index (χ1v) is 5.11. The standard InChI is InChI=1S/C11H10F5NO2/c12-8-1-7(2-9(13)3-8)4-17(5-10(18)19)6-11(14,15)16/h1-3H,4-6H2,(H,18,19). The number of nitrogens with zero attached hydrogens (tertiary/aromatic N) is 1. The number of rotatable bonds is 5. The van der Waals surface area contributed by atoms with Crippen molar-refractivity contribution in [3.63, 3.8) is 0 Å². The molecule has 1 aromatic carbocycles. The lowest BCUT2D eigenvalue weighted by molar-refractivity contribution is -0.154. The second-order valence-electron chi connectivity index (χ2n) is 3.93. The zero-order valence-corrected chi connectivity index (χ0v) is 9.55. The van der Waals surface area contributed by atoms with Gasteiger partial charge in [0.05, 0.1) is 13.1 Å². The summed E-state index contributed by atoms with van der Waals surface area (Å²) in [6.07, 6.45) is -4.60. The summed E-state index contributed by atoms with van der Waals surface area (Å²) >= 11 is 0. The van der Waals surface area contributed by atoms with Crippen LogP contribution in [0, 0.1) is 11.6 Å². The van der Waals surface area contributed by atoms with Gasteiger partial charge in [0.1, 0.15) is 11.6 Å². The summed E-state index contributed by atoms with van der Waals surface area (Å²) in [7, 11) is 0. The van der Waals surface area contributed by atoms with Gasteiger partial charge in [-0.1, -0.05) is 0 Å². The Bertz CT molecular complexity index is 441. The van der Waals surface area contributed by atoms with E-state index in [9.17, 15) is 26.7 Å². The topological polar surface area (TPSA) is 40.5 Å². The van der Waals surface area contributed by atoms with Gasteiger partial charge in [0, 0.05) is 12.6 Å². The van der Waals surface area contributed by atoms with Crippen molar-refractivity contribution in [3.8, 4) is 0 Å². The number of hydrogen-bond donors (Lipinski definition) is 1. The molecule has 0 aliphatic rings. The van der Waals surface area contributed by atoms with Crippen LogP contribution < -0.4 is 0 Å². The molecule has 0 fully saturated rings. The highest BCUT2D eigenvalue weighted by atomic mass is 19.4. The van der Waals surface area contributed by atoms with Crippen LogP contribution in [-0.4, -0.2) is 35.2 Å². The molecule has 0 spiro atoms. The zero-order chi connectivity index (χ0) is 14.6. The third-order valence-electron chi connectivity index (χ3n) is 2.09. The highest BCUT2D eigenvalue weighted by Crippen LogP contribution is 2.18. The number of alkyl halides is 3. The number of hydrogen-bond acceptors (Lipinski definition) is 2. The van der Waals surface area contributed by atoms with Gasteiger partial charge in [0.2, 0.25) is 0 Å². The first-order valence-electron chi connectivity index (χ1n) is 5.11. The summed E-state index contributed by atoms with van der Waals surface area (Å²) in [5.41, 5.74) is -0.0667. The van der Waals surface area contributed by atoms with Gasteiger partial charge < -0.3 is 5.11 Å². The third-order valence-corrected chi connectivity index (χ3v) is 2.09. The smallest absolute Gasteiger partial charge is 0.401 e. The van der Waals surface area contributed by atoms with Gasteiger partial charge >= 0.3 is 12.1 Å². The molecule has 1 rings (SSSR count). The predicted molar refractivity (Wildman–Crippen MR) is 55.3 cm³/mol. The van der Waals surface area contributed by atoms with Crippen molar-refractivity contribution in [3.05, 3.63) is 35.4 Å². The van der Waals surface area contributed by atoms with Crippen LogP contribution in [0.4, 0.5) is 22.0 Å². The molecular weight excluding hydrogens is 273 g/mol. The van der Waals surface area contributed by atoms with E-state index < -0.39 is 43.4 Å². The zero-order valence-electron chi connectivity index (χ0n) is 9.55. The Labute approximate surface area is 105 Å². The number of halogens is 5. The Kier molecular flexibility index (Phi) is 4.82. The summed E-state index contributed by atoms with van der Waals surface area (Å²) in [6, 6.07) is 2.29. The Morgan fingerprint density at radius 3 is 2.11 bits per heavy atom. The van der Waals surface area contributed by atoms with Gasteiger partial charge in [-0.15, -0.1) is 0 Å². The Hall–Kier alpha value is -1.70. The molecule has 0 aliphatic heterocycles. The van der Waals surface area contributed by atoms with Crippen LogP contribution in [0.2, 0.25) is 0 Å². The molecule has 19 heavy (non-hydrogen) atoms. The van der Waals surface area contributed by atoms with Crippen molar-refractivity contribution < 1.29 is 31.9 Å². The molecule has 106 valence electrons. The number of benzene rings is 1. The first kappa shape index (κ1) is 15.4. The van der Waals surface area contributed by atoms with E-state index in [4.69, 9.17) is 5.11 Å². The SMILES string of the molecule is O=C(O)CN(Cc1cc(F)cc(F)c1)CC(F)(F)F. The third kappa shape index (κ3) is 6.14. The lowest BCUT2D eigenvalue weighted by Gasteiger charge is -2.21. The lowest BCUT2D eigenvalue weighted by Crippen LogP contribution is -2.37. The average molecular weight is 283 g/mol. The summed E-state index contributed by atoms with van der Waals surface area (Å²) in [5.74, 6) is -3.32. The van der Waals surface area contributed by atoms with Crippen LogP contribution in [0.1, 0.15) is 5.56 Å². The maximum atomic E-state index is 12.9. The summed E-state index contributed by atoms with van der Waals surface area (Å²) in [5, 5.41) is 8.51. The highest BCUT2D eigenvalue weighted by molar-refractivity contribution is 5.69. The number of carboxylic acids is 1. The fourth-order valence-corrected chi connectivity index (χ4v) is 1.57. The molecule has 0 aromatic heterocycles. The van der Waals surface area contributed by atoms with Crippen molar-refractivity contribution >= 4 is 5.97 Å². The minimum Gasteiger partial charge on any atom is -0.480 e. The van der Waals surface area contributed by atoms with Crippen LogP contribution in [0.25, 0.3) is 0 Å².